The van der Waals surface area contributed by atoms with Gasteiger partial charge in [0, 0.05) is 31.0 Å². The van der Waals surface area contributed by atoms with E-state index in [1.807, 2.05) is 51.1 Å². The zero-order valence-corrected chi connectivity index (χ0v) is 14.9. The van der Waals surface area contributed by atoms with Gasteiger partial charge in [-0.05, 0) is 20.8 Å². The maximum atomic E-state index is 12.4. The van der Waals surface area contributed by atoms with Crippen molar-refractivity contribution in [2.45, 2.75) is 46.1 Å². The largest absolute Gasteiger partial charge is 0.481 e. The van der Waals surface area contributed by atoms with E-state index >= 15 is 0 Å². The van der Waals surface area contributed by atoms with Gasteiger partial charge in [-0.25, -0.2) is 4.98 Å². The van der Waals surface area contributed by atoms with Gasteiger partial charge < -0.3 is 14.4 Å². The van der Waals surface area contributed by atoms with Gasteiger partial charge in [0.15, 0.2) is 11.7 Å². The summed E-state index contributed by atoms with van der Waals surface area (Å²) in [4.78, 5) is 29.1. The molecular formula is C19H24N2O4. The van der Waals surface area contributed by atoms with Crippen LogP contribution in [0.4, 0.5) is 0 Å². The number of hydrogen-bond acceptors (Lipinski definition) is 4. The predicted molar refractivity (Wildman–Crippen MR) is 94.1 cm³/mol. The first-order valence-electron chi connectivity index (χ1n) is 8.41. The highest BCUT2D eigenvalue weighted by atomic mass is 16.4. The first-order valence-corrected chi connectivity index (χ1v) is 8.41. The third-order valence-corrected chi connectivity index (χ3v) is 3.94. The lowest BCUT2D eigenvalue weighted by molar-refractivity contribution is -0.139. The second kappa shape index (κ2) is 8.46. The average molecular weight is 344 g/mol. The standard InChI is InChI=1S/C19H24N2O4/c1-13(2)21(12-11-18(23)24)17(22)10-9-16-20-14(3)19(25-16)15-7-5-4-6-8-15/h4-8,13H,9-12H2,1-3H3,(H,23,24). The van der Waals surface area contributed by atoms with E-state index in [4.69, 9.17) is 9.52 Å². The molecule has 0 saturated carbocycles. The molecule has 0 aliphatic rings. The molecular weight excluding hydrogens is 320 g/mol. The highest BCUT2D eigenvalue weighted by Crippen LogP contribution is 2.24. The maximum Gasteiger partial charge on any atom is 0.305 e. The Bertz CT molecular complexity index is 722. The van der Waals surface area contributed by atoms with E-state index < -0.39 is 5.97 Å². The third kappa shape index (κ3) is 5.17. The zero-order chi connectivity index (χ0) is 18.4. The molecule has 1 N–H and O–H groups in total. The number of hydrogen-bond donors (Lipinski definition) is 1. The van der Waals surface area contributed by atoms with Crippen molar-refractivity contribution in [3.8, 4) is 11.3 Å². The number of carbonyl (C=O) groups is 2. The summed E-state index contributed by atoms with van der Waals surface area (Å²) in [5.74, 6) is 0.240. The molecule has 0 bridgehead atoms. The molecule has 0 spiro atoms. The Labute approximate surface area is 147 Å². The minimum absolute atomic E-state index is 0.0435. The summed E-state index contributed by atoms with van der Waals surface area (Å²) in [6.07, 6.45) is 0.578. The van der Waals surface area contributed by atoms with E-state index in [2.05, 4.69) is 4.98 Å². The molecule has 25 heavy (non-hydrogen) atoms. The van der Waals surface area contributed by atoms with E-state index in [0.29, 0.717) is 12.3 Å². The number of nitrogens with zero attached hydrogens (tertiary/aromatic N) is 2. The Morgan fingerprint density at radius 2 is 1.88 bits per heavy atom. The van der Waals surface area contributed by atoms with Gasteiger partial charge in [-0.1, -0.05) is 30.3 Å². The van der Waals surface area contributed by atoms with Crippen molar-refractivity contribution in [2.75, 3.05) is 6.54 Å². The van der Waals surface area contributed by atoms with E-state index in [1.165, 1.54) is 0 Å². The van der Waals surface area contributed by atoms with E-state index in [-0.39, 0.29) is 31.3 Å². The van der Waals surface area contributed by atoms with Crippen LogP contribution in [0.2, 0.25) is 0 Å². The van der Waals surface area contributed by atoms with Crippen LogP contribution >= 0.6 is 0 Å². The van der Waals surface area contributed by atoms with Crippen LogP contribution in [-0.4, -0.2) is 39.5 Å². The minimum atomic E-state index is -0.908. The van der Waals surface area contributed by atoms with Crippen LogP contribution in [0.1, 0.15) is 38.3 Å². The van der Waals surface area contributed by atoms with Crippen molar-refractivity contribution in [3.05, 3.63) is 41.9 Å². The smallest absolute Gasteiger partial charge is 0.305 e. The molecule has 0 aliphatic heterocycles. The SMILES string of the molecule is Cc1nc(CCC(=O)N(CCC(=O)O)C(C)C)oc1-c1ccccc1. The Hall–Kier alpha value is -2.63. The normalized spacial score (nSPS) is 10.9. The van der Waals surface area contributed by atoms with Gasteiger partial charge in [0.1, 0.15) is 0 Å². The number of carboxylic acids is 1. The Morgan fingerprint density at radius 1 is 1.20 bits per heavy atom. The predicted octanol–water partition coefficient (Wildman–Crippen LogP) is 3.29. The summed E-state index contributed by atoms with van der Waals surface area (Å²) < 4.78 is 5.81. The zero-order valence-electron chi connectivity index (χ0n) is 14.9. The van der Waals surface area contributed by atoms with Crippen molar-refractivity contribution in [3.63, 3.8) is 0 Å². The molecule has 6 heteroatoms. The average Bonchev–Trinajstić information content (AvgIpc) is 2.94. The molecule has 1 amide bonds. The number of aryl methyl sites for hydroxylation is 2. The lowest BCUT2D eigenvalue weighted by atomic mass is 10.1. The van der Waals surface area contributed by atoms with Gasteiger partial charge in [0.25, 0.3) is 0 Å². The van der Waals surface area contributed by atoms with Crippen LogP contribution in [0.15, 0.2) is 34.7 Å². The van der Waals surface area contributed by atoms with E-state index in [1.54, 1.807) is 4.90 Å². The summed E-state index contributed by atoms with van der Waals surface area (Å²) in [6, 6.07) is 9.67. The van der Waals surface area contributed by atoms with Crippen molar-refractivity contribution in [1.82, 2.24) is 9.88 Å². The van der Waals surface area contributed by atoms with Crippen LogP contribution in [0.25, 0.3) is 11.3 Å². The fraction of sp³-hybridized carbons (Fsp3) is 0.421. The quantitative estimate of drug-likeness (QED) is 0.794. The first kappa shape index (κ1) is 18.7. The highest BCUT2D eigenvalue weighted by molar-refractivity contribution is 5.77. The Balaban J connectivity index is 2.00. The summed E-state index contributed by atoms with van der Waals surface area (Å²) >= 11 is 0. The highest BCUT2D eigenvalue weighted by Gasteiger charge is 2.19. The number of aromatic nitrogens is 1. The number of amides is 1. The molecule has 134 valence electrons. The second-order valence-electron chi connectivity index (χ2n) is 6.21. The van der Waals surface area contributed by atoms with Gasteiger partial charge in [-0.3, -0.25) is 9.59 Å². The minimum Gasteiger partial charge on any atom is -0.481 e. The van der Waals surface area contributed by atoms with Gasteiger partial charge in [-0.2, -0.15) is 0 Å². The van der Waals surface area contributed by atoms with Crippen LogP contribution in [0.5, 0.6) is 0 Å². The van der Waals surface area contributed by atoms with Crippen LogP contribution in [0, 0.1) is 6.92 Å². The number of carbonyl (C=O) groups excluding carboxylic acids is 1. The van der Waals surface area contributed by atoms with Crippen LogP contribution < -0.4 is 0 Å². The number of oxazole rings is 1. The van der Waals surface area contributed by atoms with Gasteiger partial charge >= 0.3 is 5.97 Å². The topological polar surface area (TPSA) is 83.6 Å². The molecule has 1 aromatic carbocycles. The van der Waals surface area contributed by atoms with E-state index in [9.17, 15) is 9.59 Å². The molecule has 0 radical (unpaired) electrons. The first-order chi connectivity index (χ1) is 11.9. The number of benzene rings is 1. The number of rotatable bonds is 8. The second-order valence-corrected chi connectivity index (χ2v) is 6.21. The fourth-order valence-electron chi connectivity index (χ4n) is 2.66. The number of carboxylic acid groups (broad SMARTS) is 1. The molecule has 1 aromatic heterocycles. The van der Waals surface area contributed by atoms with Crippen molar-refractivity contribution in [2.24, 2.45) is 0 Å². The summed E-state index contributed by atoms with van der Waals surface area (Å²) in [7, 11) is 0. The monoisotopic (exact) mass is 344 g/mol. The van der Waals surface area contributed by atoms with Gasteiger partial charge in [0.2, 0.25) is 5.91 Å². The molecule has 6 nitrogen and oxygen atoms in total. The molecule has 0 fully saturated rings. The summed E-state index contributed by atoms with van der Waals surface area (Å²) in [5.41, 5.74) is 1.75. The summed E-state index contributed by atoms with van der Waals surface area (Å²) in [6.45, 7) is 5.85. The lowest BCUT2D eigenvalue weighted by Crippen LogP contribution is -2.38. The number of aliphatic carboxylic acids is 1. The molecule has 0 aliphatic carbocycles. The molecule has 2 rings (SSSR count). The van der Waals surface area contributed by atoms with Crippen molar-refractivity contribution < 1.29 is 19.1 Å². The summed E-state index contributed by atoms with van der Waals surface area (Å²) in [5, 5.41) is 8.81. The van der Waals surface area contributed by atoms with Crippen molar-refractivity contribution >= 4 is 11.9 Å². The van der Waals surface area contributed by atoms with Crippen LogP contribution in [0.3, 0.4) is 0 Å². The van der Waals surface area contributed by atoms with Gasteiger partial charge in [-0.15, -0.1) is 0 Å². The van der Waals surface area contributed by atoms with Crippen LogP contribution in [-0.2, 0) is 16.0 Å². The molecule has 0 unspecified atom stereocenters. The van der Waals surface area contributed by atoms with E-state index in [0.717, 1.165) is 17.0 Å². The molecule has 1 heterocycles. The molecule has 0 atom stereocenters. The van der Waals surface area contributed by atoms with Crippen molar-refractivity contribution in [1.29, 1.82) is 0 Å². The van der Waals surface area contributed by atoms with Gasteiger partial charge in [0.05, 0.1) is 12.1 Å². The Morgan fingerprint density at radius 3 is 2.48 bits per heavy atom. The maximum absolute atomic E-state index is 12.4. The fourth-order valence-corrected chi connectivity index (χ4v) is 2.66. The lowest BCUT2D eigenvalue weighted by Gasteiger charge is -2.26. The Kier molecular flexibility index (Phi) is 6.33. The molecule has 2 aromatic rings. The molecule has 0 saturated heterocycles. The third-order valence-electron chi connectivity index (χ3n) is 3.94.